The van der Waals surface area contributed by atoms with Gasteiger partial charge < -0.3 is 9.57 Å². The first-order chi connectivity index (χ1) is 14.7. The molecule has 0 saturated heterocycles. The van der Waals surface area contributed by atoms with Gasteiger partial charge in [-0.15, -0.1) is 0 Å². The SMILES string of the molecule is COc1ccc(-c2nn(-c3ccccc3)cc2C(=O)ONC2=NCCCCC2)cc1. The number of ether oxygens (including phenoxy) is 1. The second-order valence-electron chi connectivity index (χ2n) is 7.03. The molecule has 0 fully saturated rings. The Morgan fingerprint density at radius 1 is 1.03 bits per heavy atom. The van der Waals surface area contributed by atoms with Crippen molar-refractivity contribution >= 4 is 11.8 Å². The Kier molecular flexibility index (Phi) is 6.08. The predicted octanol–water partition coefficient (Wildman–Crippen LogP) is 4.18. The molecular formula is C23H24N4O3. The number of methoxy groups -OCH3 is 1. The van der Waals surface area contributed by atoms with Gasteiger partial charge in [0.1, 0.15) is 22.8 Å². The number of nitrogens with zero attached hydrogens (tertiary/aromatic N) is 3. The van der Waals surface area contributed by atoms with Crippen LogP contribution in [0.2, 0.25) is 0 Å². The molecule has 0 amide bonds. The van der Waals surface area contributed by atoms with Crippen LogP contribution in [0.15, 0.2) is 65.8 Å². The van der Waals surface area contributed by atoms with Gasteiger partial charge in [-0.05, 0) is 49.2 Å². The molecule has 0 spiro atoms. The van der Waals surface area contributed by atoms with Crippen LogP contribution in [0.5, 0.6) is 5.75 Å². The summed E-state index contributed by atoms with van der Waals surface area (Å²) in [5.41, 5.74) is 5.30. The average molecular weight is 404 g/mol. The summed E-state index contributed by atoms with van der Waals surface area (Å²) in [5.74, 6) is 0.940. The van der Waals surface area contributed by atoms with Crippen molar-refractivity contribution in [1.29, 1.82) is 0 Å². The number of benzene rings is 2. The second-order valence-corrected chi connectivity index (χ2v) is 7.03. The zero-order valence-electron chi connectivity index (χ0n) is 16.9. The zero-order valence-corrected chi connectivity index (χ0v) is 16.9. The molecule has 154 valence electrons. The average Bonchev–Trinajstić information content (AvgIpc) is 3.08. The highest BCUT2D eigenvalue weighted by Crippen LogP contribution is 2.26. The number of carbonyl (C=O) groups excluding carboxylic acids is 1. The first kappa shape index (κ1) is 19.7. The lowest BCUT2D eigenvalue weighted by Gasteiger charge is -2.08. The van der Waals surface area contributed by atoms with Gasteiger partial charge in [0.15, 0.2) is 0 Å². The van der Waals surface area contributed by atoms with Crippen molar-refractivity contribution in [2.75, 3.05) is 13.7 Å². The van der Waals surface area contributed by atoms with Crippen molar-refractivity contribution in [1.82, 2.24) is 15.3 Å². The number of aliphatic imine (C=N–C) groups is 1. The van der Waals surface area contributed by atoms with E-state index in [2.05, 4.69) is 15.6 Å². The fraction of sp³-hybridized carbons (Fsp3) is 0.261. The fourth-order valence-corrected chi connectivity index (χ4v) is 3.32. The van der Waals surface area contributed by atoms with Gasteiger partial charge in [-0.1, -0.05) is 24.6 Å². The van der Waals surface area contributed by atoms with Gasteiger partial charge in [-0.2, -0.15) is 5.10 Å². The van der Waals surface area contributed by atoms with Crippen LogP contribution < -0.4 is 10.2 Å². The van der Waals surface area contributed by atoms with Crippen LogP contribution in [0.1, 0.15) is 36.0 Å². The first-order valence-electron chi connectivity index (χ1n) is 10.0. The summed E-state index contributed by atoms with van der Waals surface area (Å²) in [6, 6.07) is 17.1. The molecule has 0 radical (unpaired) electrons. The van der Waals surface area contributed by atoms with Crippen molar-refractivity contribution in [3.05, 3.63) is 66.4 Å². The number of amidine groups is 1. The number of nitrogens with one attached hydrogen (secondary N) is 1. The third-order valence-electron chi connectivity index (χ3n) is 4.95. The molecule has 0 saturated carbocycles. The van der Waals surface area contributed by atoms with Crippen molar-refractivity contribution in [2.24, 2.45) is 4.99 Å². The number of hydrogen-bond donors (Lipinski definition) is 1. The van der Waals surface area contributed by atoms with E-state index in [9.17, 15) is 4.79 Å². The summed E-state index contributed by atoms with van der Waals surface area (Å²) in [4.78, 5) is 22.7. The molecule has 1 N–H and O–H groups in total. The van der Waals surface area contributed by atoms with Crippen LogP contribution in [-0.4, -0.2) is 35.2 Å². The van der Waals surface area contributed by atoms with Gasteiger partial charge in [-0.25, -0.2) is 15.0 Å². The molecule has 1 aliphatic heterocycles. The molecule has 4 rings (SSSR count). The molecule has 0 atom stereocenters. The molecule has 1 aromatic heterocycles. The van der Waals surface area contributed by atoms with Crippen LogP contribution in [0.3, 0.4) is 0 Å². The topological polar surface area (TPSA) is 77.7 Å². The van der Waals surface area contributed by atoms with Gasteiger partial charge in [-0.3, -0.25) is 4.99 Å². The Hall–Kier alpha value is -3.61. The highest BCUT2D eigenvalue weighted by atomic mass is 16.7. The van der Waals surface area contributed by atoms with Gasteiger partial charge >= 0.3 is 5.97 Å². The molecule has 2 aromatic carbocycles. The minimum Gasteiger partial charge on any atom is -0.497 e. The van der Waals surface area contributed by atoms with E-state index in [1.807, 2.05) is 54.6 Å². The lowest BCUT2D eigenvalue weighted by Crippen LogP contribution is -2.27. The fourth-order valence-electron chi connectivity index (χ4n) is 3.32. The number of carbonyl (C=O) groups is 1. The summed E-state index contributed by atoms with van der Waals surface area (Å²) >= 11 is 0. The highest BCUT2D eigenvalue weighted by Gasteiger charge is 2.21. The van der Waals surface area contributed by atoms with Gasteiger partial charge in [0, 0.05) is 24.7 Å². The lowest BCUT2D eigenvalue weighted by atomic mass is 10.1. The molecule has 7 heteroatoms. The van der Waals surface area contributed by atoms with Gasteiger partial charge in [0.2, 0.25) is 0 Å². The van der Waals surface area contributed by atoms with E-state index < -0.39 is 5.97 Å². The maximum atomic E-state index is 12.9. The maximum Gasteiger partial charge on any atom is 0.366 e. The molecule has 2 heterocycles. The number of rotatable bonds is 4. The third kappa shape index (κ3) is 4.51. The Morgan fingerprint density at radius 2 is 1.83 bits per heavy atom. The molecule has 0 bridgehead atoms. The first-order valence-corrected chi connectivity index (χ1v) is 10.0. The van der Waals surface area contributed by atoms with E-state index in [4.69, 9.17) is 9.57 Å². The summed E-state index contributed by atoms with van der Waals surface area (Å²) in [5, 5.41) is 4.65. The Labute approximate surface area is 175 Å². The number of hydrogen-bond acceptors (Lipinski definition) is 6. The minimum atomic E-state index is -0.505. The molecule has 1 aliphatic rings. The van der Waals surface area contributed by atoms with Crippen LogP contribution in [-0.2, 0) is 4.84 Å². The van der Waals surface area contributed by atoms with Crippen molar-refractivity contribution in [3.8, 4) is 22.7 Å². The molecule has 7 nitrogen and oxygen atoms in total. The third-order valence-corrected chi connectivity index (χ3v) is 4.95. The summed E-state index contributed by atoms with van der Waals surface area (Å²) < 4.78 is 6.91. The predicted molar refractivity (Wildman–Crippen MR) is 115 cm³/mol. The smallest absolute Gasteiger partial charge is 0.366 e. The van der Waals surface area contributed by atoms with Crippen LogP contribution in [0.4, 0.5) is 0 Å². The Morgan fingerprint density at radius 3 is 2.60 bits per heavy atom. The lowest BCUT2D eigenvalue weighted by molar-refractivity contribution is 0.0383. The Bertz CT molecular complexity index is 1030. The monoisotopic (exact) mass is 404 g/mol. The van der Waals surface area contributed by atoms with Crippen molar-refractivity contribution < 1.29 is 14.4 Å². The van der Waals surface area contributed by atoms with E-state index in [1.54, 1.807) is 18.0 Å². The number of para-hydroxylation sites is 1. The van der Waals surface area contributed by atoms with Gasteiger partial charge in [0.05, 0.1) is 12.8 Å². The second kappa shape index (κ2) is 9.26. The van der Waals surface area contributed by atoms with Gasteiger partial charge in [0.25, 0.3) is 0 Å². The summed E-state index contributed by atoms with van der Waals surface area (Å²) in [6.07, 6.45) is 5.70. The largest absolute Gasteiger partial charge is 0.497 e. The number of aromatic nitrogens is 2. The molecule has 30 heavy (non-hydrogen) atoms. The summed E-state index contributed by atoms with van der Waals surface area (Å²) in [7, 11) is 1.61. The van der Waals surface area contributed by atoms with Crippen LogP contribution in [0.25, 0.3) is 16.9 Å². The van der Waals surface area contributed by atoms with E-state index in [0.29, 0.717) is 17.1 Å². The minimum absolute atomic E-state index is 0.366. The quantitative estimate of drug-likeness (QED) is 0.660. The molecule has 0 unspecified atom stereocenters. The zero-order chi connectivity index (χ0) is 20.8. The highest BCUT2D eigenvalue weighted by molar-refractivity contribution is 5.97. The maximum absolute atomic E-state index is 12.9. The summed E-state index contributed by atoms with van der Waals surface area (Å²) in [6.45, 7) is 0.753. The Balaban J connectivity index is 1.63. The normalized spacial score (nSPS) is 13.8. The molecule has 0 aliphatic carbocycles. The van der Waals surface area contributed by atoms with Crippen molar-refractivity contribution in [3.63, 3.8) is 0 Å². The van der Waals surface area contributed by atoms with E-state index in [1.165, 1.54) is 0 Å². The van der Waals surface area contributed by atoms with Crippen LogP contribution >= 0.6 is 0 Å². The van der Waals surface area contributed by atoms with E-state index in [-0.39, 0.29) is 0 Å². The standard InChI is InChI=1S/C23H24N4O3/c1-29-19-13-11-17(12-14-19)22-20(16-27(25-22)18-8-4-2-5-9-18)23(28)30-26-21-10-6-3-7-15-24-21/h2,4-5,8-9,11-14,16H,3,6-7,10,15H2,1H3,(H,24,26). The van der Waals surface area contributed by atoms with Crippen molar-refractivity contribution in [2.45, 2.75) is 25.7 Å². The van der Waals surface area contributed by atoms with E-state index >= 15 is 0 Å². The molecule has 3 aromatic rings. The van der Waals surface area contributed by atoms with Crippen LogP contribution in [0, 0.1) is 0 Å². The molecular weight excluding hydrogens is 380 g/mol. The van der Waals surface area contributed by atoms with E-state index in [0.717, 1.165) is 49.2 Å². The number of hydroxylamine groups is 1.